The number of para-hydroxylation sites is 1. The molecule has 5 rings (SSSR count). The van der Waals surface area contributed by atoms with Crippen molar-refractivity contribution in [2.75, 3.05) is 13.7 Å². The van der Waals surface area contributed by atoms with E-state index < -0.39 is 0 Å². The minimum absolute atomic E-state index is 0.00341. The van der Waals surface area contributed by atoms with Gasteiger partial charge in [-0.3, -0.25) is 0 Å². The summed E-state index contributed by atoms with van der Waals surface area (Å²) in [6, 6.07) is 29.7. The Kier molecular flexibility index (Phi) is 7.29. The van der Waals surface area contributed by atoms with Crippen LogP contribution in [0.5, 0.6) is 5.75 Å². The van der Waals surface area contributed by atoms with Crippen LogP contribution in [0, 0.1) is 0 Å². The molecule has 0 aromatic heterocycles. The first-order valence-corrected chi connectivity index (χ1v) is 13.1. The molecule has 1 heterocycles. The summed E-state index contributed by atoms with van der Waals surface area (Å²) in [4.78, 5) is 12.6. The number of benzene rings is 4. The number of carbonyl (C=O) groups is 1. The molecule has 4 aromatic carbocycles. The van der Waals surface area contributed by atoms with Gasteiger partial charge in [0.1, 0.15) is 11.9 Å². The van der Waals surface area contributed by atoms with E-state index in [4.69, 9.17) is 9.47 Å². The molecule has 4 heteroatoms. The average molecular weight is 494 g/mol. The van der Waals surface area contributed by atoms with Crippen molar-refractivity contribution in [2.24, 2.45) is 0 Å². The molecule has 0 saturated heterocycles. The van der Waals surface area contributed by atoms with E-state index in [1.807, 2.05) is 18.2 Å². The van der Waals surface area contributed by atoms with Crippen molar-refractivity contribution in [1.82, 2.24) is 5.32 Å². The topological polar surface area (TPSA) is 47.6 Å². The lowest BCUT2D eigenvalue weighted by Gasteiger charge is -2.34. The van der Waals surface area contributed by atoms with Gasteiger partial charge in [-0.1, -0.05) is 86.6 Å². The fraction of sp³-hybridized carbons (Fsp3) is 0.303. The molecule has 1 aliphatic heterocycles. The highest BCUT2D eigenvalue weighted by atomic mass is 16.5. The minimum atomic E-state index is -0.284. The van der Waals surface area contributed by atoms with Crippen LogP contribution in [0.25, 0.3) is 10.8 Å². The number of hydrogen-bond acceptors (Lipinski definition) is 4. The van der Waals surface area contributed by atoms with Gasteiger partial charge < -0.3 is 14.8 Å². The zero-order valence-corrected chi connectivity index (χ0v) is 22.0. The normalized spacial score (nSPS) is 17.8. The predicted molar refractivity (Wildman–Crippen MR) is 150 cm³/mol. The Morgan fingerprint density at radius 1 is 0.946 bits per heavy atom. The maximum absolute atomic E-state index is 12.6. The Labute approximate surface area is 219 Å². The van der Waals surface area contributed by atoms with Crippen LogP contribution >= 0.6 is 0 Å². The first-order chi connectivity index (χ1) is 18.0. The number of carbonyl (C=O) groups excluding carboxylic acids is 1. The van der Waals surface area contributed by atoms with Crippen LogP contribution in [0.1, 0.15) is 77.7 Å². The van der Waals surface area contributed by atoms with Crippen molar-refractivity contribution in [1.29, 1.82) is 0 Å². The van der Waals surface area contributed by atoms with E-state index in [1.165, 1.54) is 23.4 Å². The van der Waals surface area contributed by atoms with Crippen LogP contribution in [-0.2, 0) is 4.74 Å². The van der Waals surface area contributed by atoms with Crippen LogP contribution in [0.3, 0.4) is 0 Å². The largest absolute Gasteiger partial charge is 0.489 e. The van der Waals surface area contributed by atoms with Crippen molar-refractivity contribution in [3.05, 3.63) is 113 Å². The molecule has 1 N–H and O–H groups in total. The maximum Gasteiger partial charge on any atom is 0.338 e. The number of esters is 1. The van der Waals surface area contributed by atoms with Crippen LogP contribution < -0.4 is 10.1 Å². The summed E-state index contributed by atoms with van der Waals surface area (Å²) >= 11 is 0. The summed E-state index contributed by atoms with van der Waals surface area (Å²) in [5, 5.41) is 6.26. The van der Waals surface area contributed by atoms with E-state index in [0.717, 1.165) is 35.4 Å². The van der Waals surface area contributed by atoms with E-state index in [2.05, 4.69) is 92.8 Å². The highest BCUT2D eigenvalue weighted by Crippen LogP contribution is 2.41. The second kappa shape index (κ2) is 10.8. The lowest BCUT2D eigenvalue weighted by molar-refractivity contribution is 0.0599. The van der Waals surface area contributed by atoms with Gasteiger partial charge in [-0.2, -0.15) is 0 Å². The predicted octanol–water partition coefficient (Wildman–Crippen LogP) is 7.38. The van der Waals surface area contributed by atoms with Crippen molar-refractivity contribution < 1.29 is 14.3 Å². The summed E-state index contributed by atoms with van der Waals surface area (Å²) in [6.45, 7) is 7.14. The molecule has 0 spiro atoms. The second-order valence-corrected chi connectivity index (χ2v) is 10.3. The number of hydrogen-bond donors (Lipinski definition) is 1. The van der Waals surface area contributed by atoms with Gasteiger partial charge in [-0.15, -0.1) is 0 Å². The quantitative estimate of drug-likeness (QED) is 0.273. The van der Waals surface area contributed by atoms with Crippen molar-refractivity contribution in [2.45, 2.75) is 51.2 Å². The number of nitrogens with one attached hydrogen (secondary N) is 1. The van der Waals surface area contributed by atoms with Crippen LogP contribution in [0.2, 0.25) is 0 Å². The molecule has 0 bridgehead atoms. The van der Waals surface area contributed by atoms with Crippen molar-refractivity contribution >= 4 is 16.7 Å². The molecule has 0 amide bonds. The van der Waals surface area contributed by atoms with Crippen molar-refractivity contribution in [3.8, 4) is 5.75 Å². The van der Waals surface area contributed by atoms with E-state index in [0.29, 0.717) is 5.56 Å². The molecule has 4 nitrogen and oxygen atoms in total. The average Bonchev–Trinajstić information content (AvgIpc) is 2.94. The first-order valence-electron chi connectivity index (χ1n) is 13.1. The van der Waals surface area contributed by atoms with Crippen LogP contribution in [0.4, 0.5) is 0 Å². The van der Waals surface area contributed by atoms with Crippen LogP contribution in [0.15, 0.2) is 84.9 Å². The Hall–Kier alpha value is -3.63. The SMILES string of the molecule is COC(=O)c1cc([C@@H]2C[C@H](CN[C@H](C)c3cccc4ccccc34)Oc3ccccc32)ccc1C(C)C. The van der Waals surface area contributed by atoms with E-state index in [-0.39, 0.29) is 30.0 Å². The van der Waals surface area contributed by atoms with Gasteiger partial charge in [0.15, 0.2) is 0 Å². The molecule has 0 saturated carbocycles. The first kappa shape index (κ1) is 25.0. The molecule has 3 atom stereocenters. The molecule has 4 aromatic rings. The second-order valence-electron chi connectivity index (χ2n) is 10.3. The number of methoxy groups -OCH3 is 1. The zero-order valence-electron chi connectivity index (χ0n) is 22.0. The summed E-state index contributed by atoms with van der Waals surface area (Å²) in [5.41, 5.74) is 5.23. The standard InChI is InChI=1S/C33H35NO3/c1-21(2)26-17-16-24(18-31(26)33(35)36-4)30-19-25(37-32-15-8-7-13-29(30)32)20-34-22(3)27-14-9-11-23-10-5-6-12-28(23)27/h5-18,21-22,25,30,34H,19-20H2,1-4H3/t22-,25-,30+/m1/s1. The highest BCUT2D eigenvalue weighted by molar-refractivity contribution is 5.91. The number of rotatable bonds is 7. The Balaban J connectivity index is 1.40. The fourth-order valence-corrected chi connectivity index (χ4v) is 5.56. The zero-order chi connectivity index (χ0) is 25.9. The molecule has 0 unspecified atom stereocenters. The molecule has 0 radical (unpaired) electrons. The molecule has 0 aliphatic carbocycles. The molecular weight excluding hydrogens is 458 g/mol. The molecular formula is C33H35NO3. The lowest BCUT2D eigenvalue weighted by Crippen LogP contribution is -2.37. The summed E-state index contributed by atoms with van der Waals surface area (Å²) < 4.78 is 11.6. The smallest absolute Gasteiger partial charge is 0.338 e. The minimum Gasteiger partial charge on any atom is -0.489 e. The van der Waals surface area contributed by atoms with Crippen LogP contribution in [-0.4, -0.2) is 25.7 Å². The van der Waals surface area contributed by atoms with E-state index in [1.54, 1.807) is 0 Å². The molecule has 1 aliphatic rings. The van der Waals surface area contributed by atoms with E-state index >= 15 is 0 Å². The third-order valence-corrected chi connectivity index (χ3v) is 7.54. The van der Waals surface area contributed by atoms with Crippen molar-refractivity contribution in [3.63, 3.8) is 0 Å². The van der Waals surface area contributed by atoms with Gasteiger partial charge >= 0.3 is 5.97 Å². The van der Waals surface area contributed by atoms with Gasteiger partial charge in [0.2, 0.25) is 0 Å². The molecule has 190 valence electrons. The fourth-order valence-electron chi connectivity index (χ4n) is 5.56. The summed E-state index contributed by atoms with van der Waals surface area (Å²) in [7, 11) is 1.45. The number of fused-ring (bicyclic) bond motifs is 2. The lowest BCUT2D eigenvalue weighted by atomic mass is 9.82. The van der Waals surface area contributed by atoms with Gasteiger partial charge in [-0.25, -0.2) is 4.79 Å². The highest BCUT2D eigenvalue weighted by Gasteiger charge is 2.30. The molecule has 0 fully saturated rings. The Bertz CT molecular complexity index is 1400. The Morgan fingerprint density at radius 2 is 1.70 bits per heavy atom. The number of ether oxygens (including phenoxy) is 2. The van der Waals surface area contributed by atoms with E-state index in [9.17, 15) is 4.79 Å². The summed E-state index contributed by atoms with van der Waals surface area (Å²) in [6.07, 6.45) is 0.831. The third kappa shape index (κ3) is 5.12. The van der Waals surface area contributed by atoms with Gasteiger partial charge in [0.05, 0.1) is 12.7 Å². The summed E-state index contributed by atoms with van der Waals surface area (Å²) in [5.74, 6) is 0.996. The molecule has 37 heavy (non-hydrogen) atoms. The van der Waals surface area contributed by atoms with Gasteiger partial charge in [0.25, 0.3) is 0 Å². The maximum atomic E-state index is 12.6. The van der Waals surface area contributed by atoms with Gasteiger partial charge in [0, 0.05) is 24.1 Å². The Morgan fingerprint density at radius 3 is 2.51 bits per heavy atom. The monoisotopic (exact) mass is 493 g/mol. The van der Waals surface area contributed by atoms with Gasteiger partial charge in [-0.05, 0) is 58.9 Å². The third-order valence-electron chi connectivity index (χ3n) is 7.54.